The van der Waals surface area contributed by atoms with Gasteiger partial charge in [0.15, 0.2) is 0 Å². The van der Waals surface area contributed by atoms with Crippen molar-refractivity contribution in [1.82, 2.24) is 15.1 Å². The number of aliphatic carboxylic acids is 1. The Hall–Kier alpha value is -1.96. The molecule has 1 saturated heterocycles. The maximum Gasteiger partial charge on any atom is 0.317 e. The number of hydrogen-bond acceptors (Lipinski definition) is 5. The fourth-order valence-corrected chi connectivity index (χ4v) is 3.62. The molecule has 1 aliphatic rings. The first-order valence-electron chi connectivity index (χ1n) is 10.0. The zero-order chi connectivity index (χ0) is 20.4. The van der Waals surface area contributed by atoms with E-state index in [4.69, 9.17) is 9.84 Å². The standard InChI is InChI=1S/C21H33N3O4/c1-3-28-16-18-8-5-4-7-17(18)13-22-20(25)14-24-11-6-9-19(10-12-24)23(2)15-21(26)27/h4-5,7-8,19H,3,6,9-16H2,1-2H3,(H,22,25)(H,26,27). The van der Waals surface area contributed by atoms with Crippen LogP contribution in [0, 0.1) is 0 Å². The number of likely N-dealkylation sites (N-methyl/N-ethyl adjacent to an activating group) is 1. The van der Waals surface area contributed by atoms with Gasteiger partial charge in [-0.25, -0.2) is 0 Å². The third kappa shape index (κ3) is 7.58. The Morgan fingerprint density at radius 3 is 2.71 bits per heavy atom. The number of carboxylic acid groups (broad SMARTS) is 1. The number of carbonyl (C=O) groups excluding carboxylic acids is 1. The minimum absolute atomic E-state index is 0.0172. The highest BCUT2D eigenvalue weighted by atomic mass is 16.5. The van der Waals surface area contributed by atoms with Crippen LogP contribution in [0.4, 0.5) is 0 Å². The Balaban J connectivity index is 1.78. The van der Waals surface area contributed by atoms with Gasteiger partial charge < -0.3 is 15.2 Å². The molecule has 2 rings (SSSR count). The molecule has 1 fully saturated rings. The quantitative estimate of drug-likeness (QED) is 0.632. The van der Waals surface area contributed by atoms with Crippen LogP contribution in [0.25, 0.3) is 0 Å². The van der Waals surface area contributed by atoms with Crippen molar-refractivity contribution >= 4 is 11.9 Å². The van der Waals surface area contributed by atoms with E-state index >= 15 is 0 Å². The van der Waals surface area contributed by atoms with Gasteiger partial charge in [-0.1, -0.05) is 24.3 Å². The highest BCUT2D eigenvalue weighted by Gasteiger charge is 2.22. The lowest BCUT2D eigenvalue weighted by molar-refractivity contribution is -0.138. The summed E-state index contributed by atoms with van der Waals surface area (Å²) in [5, 5.41) is 12.0. The normalized spacial score (nSPS) is 18.0. The van der Waals surface area contributed by atoms with Crippen LogP contribution in [-0.4, -0.2) is 72.7 Å². The Morgan fingerprint density at radius 1 is 1.25 bits per heavy atom. The van der Waals surface area contributed by atoms with Gasteiger partial charge in [0.05, 0.1) is 19.7 Å². The fourth-order valence-electron chi connectivity index (χ4n) is 3.62. The van der Waals surface area contributed by atoms with E-state index in [0.717, 1.165) is 43.5 Å². The van der Waals surface area contributed by atoms with E-state index in [2.05, 4.69) is 10.2 Å². The van der Waals surface area contributed by atoms with Gasteiger partial charge in [0.2, 0.25) is 5.91 Å². The van der Waals surface area contributed by atoms with Crippen molar-refractivity contribution in [2.45, 2.75) is 45.4 Å². The first-order chi connectivity index (χ1) is 13.5. The maximum atomic E-state index is 12.4. The van der Waals surface area contributed by atoms with Crippen molar-refractivity contribution in [3.63, 3.8) is 0 Å². The first kappa shape index (κ1) is 22.3. The van der Waals surface area contributed by atoms with E-state index < -0.39 is 5.97 Å². The summed E-state index contributed by atoms with van der Waals surface area (Å²) in [6, 6.07) is 8.26. The molecule has 2 N–H and O–H groups in total. The summed E-state index contributed by atoms with van der Waals surface area (Å²) in [7, 11) is 1.86. The third-order valence-corrected chi connectivity index (χ3v) is 5.22. The molecule has 0 bridgehead atoms. The predicted molar refractivity (Wildman–Crippen MR) is 108 cm³/mol. The van der Waals surface area contributed by atoms with Crippen LogP contribution in [0.3, 0.4) is 0 Å². The molecule has 7 nitrogen and oxygen atoms in total. The molecule has 0 radical (unpaired) electrons. The van der Waals surface area contributed by atoms with Crippen molar-refractivity contribution < 1.29 is 19.4 Å². The van der Waals surface area contributed by atoms with Gasteiger partial charge in [0, 0.05) is 25.7 Å². The van der Waals surface area contributed by atoms with E-state index in [9.17, 15) is 9.59 Å². The lowest BCUT2D eigenvalue weighted by Crippen LogP contribution is -2.39. The van der Waals surface area contributed by atoms with E-state index in [1.54, 1.807) is 0 Å². The molecule has 1 unspecified atom stereocenters. The summed E-state index contributed by atoms with van der Waals surface area (Å²) in [5.74, 6) is -0.781. The minimum Gasteiger partial charge on any atom is -0.480 e. The lowest BCUT2D eigenvalue weighted by Gasteiger charge is -2.25. The van der Waals surface area contributed by atoms with Crippen LogP contribution in [0.15, 0.2) is 24.3 Å². The molecule has 7 heteroatoms. The number of hydrogen-bond donors (Lipinski definition) is 2. The largest absolute Gasteiger partial charge is 0.480 e. The fraction of sp³-hybridized carbons (Fsp3) is 0.619. The van der Waals surface area contributed by atoms with Crippen molar-refractivity contribution in [3.05, 3.63) is 35.4 Å². The molecule has 0 spiro atoms. The molecular weight excluding hydrogens is 358 g/mol. The summed E-state index contributed by atoms with van der Waals surface area (Å²) in [6.07, 6.45) is 2.82. The number of nitrogens with one attached hydrogen (secondary N) is 1. The van der Waals surface area contributed by atoms with Crippen LogP contribution in [0.5, 0.6) is 0 Å². The van der Waals surface area contributed by atoms with Crippen molar-refractivity contribution in [2.75, 3.05) is 39.8 Å². The van der Waals surface area contributed by atoms with Crippen molar-refractivity contribution in [3.8, 4) is 0 Å². The van der Waals surface area contributed by atoms with Gasteiger partial charge in [-0.15, -0.1) is 0 Å². The van der Waals surface area contributed by atoms with Gasteiger partial charge in [-0.2, -0.15) is 0 Å². The summed E-state index contributed by atoms with van der Waals surface area (Å²) < 4.78 is 5.49. The van der Waals surface area contributed by atoms with Gasteiger partial charge in [-0.05, 0) is 50.9 Å². The molecule has 156 valence electrons. The Kier molecular flexibility index (Phi) is 9.40. The Morgan fingerprint density at radius 2 is 2.00 bits per heavy atom. The molecule has 1 heterocycles. The number of rotatable bonds is 10. The van der Waals surface area contributed by atoms with Gasteiger partial charge in [0.25, 0.3) is 0 Å². The molecule has 0 saturated carbocycles. The molecule has 1 aromatic rings. The lowest BCUT2D eigenvalue weighted by atomic mass is 10.1. The third-order valence-electron chi connectivity index (χ3n) is 5.22. The second kappa shape index (κ2) is 11.8. The van der Waals surface area contributed by atoms with Gasteiger partial charge in [-0.3, -0.25) is 19.4 Å². The molecule has 0 aromatic heterocycles. The first-order valence-corrected chi connectivity index (χ1v) is 10.0. The molecule has 1 aliphatic heterocycles. The average molecular weight is 392 g/mol. The van der Waals surface area contributed by atoms with Crippen molar-refractivity contribution in [2.24, 2.45) is 0 Å². The van der Waals surface area contributed by atoms with Crippen molar-refractivity contribution in [1.29, 1.82) is 0 Å². The van der Waals surface area contributed by atoms with E-state index in [1.807, 2.05) is 43.1 Å². The van der Waals surface area contributed by atoms with Crippen LogP contribution in [0.2, 0.25) is 0 Å². The summed E-state index contributed by atoms with van der Waals surface area (Å²) in [4.78, 5) is 27.4. The smallest absolute Gasteiger partial charge is 0.317 e. The van der Waals surface area contributed by atoms with Gasteiger partial charge >= 0.3 is 5.97 Å². The summed E-state index contributed by atoms with van der Waals surface area (Å²) in [6.45, 7) is 5.80. The molecule has 1 atom stereocenters. The highest BCUT2D eigenvalue weighted by Crippen LogP contribution is 2.15. The molecular formula is C21H33N3O4. The second-order valence-electron chi connectivity index (χ2n) is 7.35. The van der Waals surface area contributed by atoms with E-state index in [1.165, 1.54) is 0 Å². The maximum absolute atomic E-state index is 12.4. The topological polar surface area (TPSA) is 82.1 Å². The zero-order valence-corrected chi connectivity index (χ0v) is 17.0. The predicted octanol–water partition coefficient (Wildman–Crippen LogP) is 1.71. The average Bonchev–Trinajstić information content (AvgIpc) is 2.90. The molecule has 1 aromatic carbocycles. The highest BCUT2D eigenvalue weighted by molar-refractivity contribution is 5.78. The summed E-state index contributed by atoms with van der Waals surface area (Å²) in [5.41, 5.74) is 2.18. The number of carboxylic acids is 1. The minimum atomic E-state index is -0.799. The van der Waals surface area contributed by atoms with Crippen LogP contribution >= 0.6 is 0 Å². The summed E-state index contributed by atoms with van der Waals surface area (Å²) >= 11 is 0. The number of ether oxygens (including phenoxy) is 1. The molecule has 28 heavy (non-hydrogen) atoms. The molecule has 0 aliphatic carbocycles. The second-order valence-corrected chi connectivity index (χ2v) is 7.35. The number of benzene rings is 1. The van der Waals surface area contributed by atoms with E-state index in [-0.39, 0.29) is 18.5 Å². The number of nitrogens with zero attached hydrogens (tertiary/aromatic N) is 2. The SMILES string of the molecule is CCOCc1ccccc1CNC(=O)CN1CCCC(N(C)CC(=O)O)CC1. The van der Waals surface area contributed by atoms with E-state index in [0.29, 0.717) is 26.3 Å². The van der Waals surface area contributed by atoms with Crippen LogP contribution in [-0.2, 0) is 27.5 Å². The van der Waals surface area contributed by atoms with Crippen LogP contribution in [0.1, 0.15) is 37.3 Å². The number of likely N-dealkylation sites (tertiary alicyclic amines) is 1. The van der Waals surface area contributed by atoms with Gasteiger partial charge in [0.1, 0.15) is 0 Å². The number of carbonyl (C=O) groups is 2. The monoisotopic (exact) mass is 391 g/mol. The van der Waals surface area contributed by atoms with Crippen LogP contribution < -0.4 is 5.32 Å². The Labute approximate surface area is 167 Å². The Bertz CT molecular complexity index is 638. The number of amides is 1. The molecule has 1 amide bonds. The zero-order valence-electron chi connectivity index (χ0n) is 17.0.